The Morgan fingerprint density at radius 3 is 2.62 bits per heavy atom. The number of aliphatic carboxylic acids is 1. The molecule has 0 bridgehead atoms. The molecule has 0 saturated carbocycles. The van der Waals surface area contributed by atoms with Crippen LogP contribution in [-0.4, -0.2) is 11.1 Å². The third-order valence-corrected chi connectivity index (χ3v) is 3.75. The maximum atomic E-state index is 13.0. The largest absolute Gasteiger partial charge is 0.481 e. The maximum Gasteiger partial charge on any atom is 0.307 e. The molecule has 0 aromatic heterocycles. The Kier molecular flexibility index (Phi) is 4.97. The van der Waals surface area contributed by atoms with E-state index in [1.54, 1.807) is 6.07 Å². The van der Waals surface area contributed by atoms with Gasteiger partial charge >= 0.3 is 5.97 Å². The number of aryl methyl sites for hydroxylation is 1. The molecule has 0 spiro atoms. The van der Waals surface area contributed by atoms with Crippen molar-refractivity contribution in [3.05, 3.63) is 70.0 Å². The van der Waals surface area contributed by atoms with Gasteiger partial charge in [0.05, 0.1) is 5.92 Å². The van der Waals surface area contributed by atoms with Gasteiger partial charge in [0.1, 0.15) is 5.82 Å². The molecule has 4 heteroatoms. The van der Waals surface area contributed by atoms with Gasteiger partial charge in [-0.2, -0.15) is 0 Å². The minimum Gasteiger partial charge on any atom is -0.481 e. The number of carboxylic acids is 1. The Hall–Kier alpha value is -1.87. The van der Waals surface area contributed by atoms with E-state index >= 15 is 0 Å². The molecule has 2 nitrogen and oxygen atoms in total. The molecule has 0 aliphatic rings. The highest BCUT2D eigenvalue weighted by Crippen LogP contribution is 2.23. The Balaban J connectivity index is 2.18. The minimum atomic E-state index is -0.878. The van der Waals surface area contributed by atoms with Gasteiger partial charge in [-0.05, 0) is 43.0 Å². The van der Waals surface area contributed by atoms with Crippen LogP contribution in [0.2, 0.25) is 5.02 Å². The zero-order valence-electron chi connectivity index (χ0n) is 11.6. The van der Waals surface area contributed by atoms with E-state index in [0.717, 1.165) is 11.1 Å². The zero-order valence-corrected chi connectivity index (χ0v) is 12.4. The summed E-state index contributed by atoms with van der Waals surface area (Å²) in [5.74, 6) is -1.89. The summed E-state index contributed by atoms with van der Waals surface area (Å²) in [6, 6.07) is 11.8. The topological polar surface area (TPSA) is 37.3 Å². The van der Waals surface area contributed by atoms with E-state index in [1.165, 1.54) is 12.1 Å². The summed E-state index contributed by atoms with van der Waals surface area (Å²) in [5.41, 5.74) is 2.72. The van der Waals surface area contributed by atoms with Crippen molar-refractivity contribution in [2.45, 2.75) is 19.8 Å². The van der Waals surface area contributed by atoms with E-state index in [1.807, 2.05) is 31.2 Å². The normalized spacial score (nSPS) is 12.1. The third kappa shape index (κ3) is 4.30. The molecule has 1 atom stereocenters. The lowest BCUT2D eigenvalue weighted by Gasteiger charge is -2.14. The van der Waals surface area contributed by atoms with Gasteiger partial charge in [-0.15, -0.1) is 0 Å². The Labute approximate surface area is 128 Å². The lowest BCUT2D eigenvalue weighted by molar-refractivity contribution is -0.141. The smallest absolute Gasteiger partial charge is 0.307 e. The van der Waals surface area contributed by atoms with Crippen molar-refractivity contribution < 1.29 is 14.3 Å². The van der Waals surface area contributed by atoms with E-state index in [2.05, 4.69) is 0 Å². The summed E-state index contributed by atoms with van der Waals surface area (Å²) in [7, 11) is 0. The first kappa shape index (κ1) is 15.5. The molecule has 21 heavy (non-hydrogen) atoms. The van der Waals surface area contributed by atoms with Crippen molar-refractivity contribution in [2.24, 2.45) is 5.92 Å². The average molecular weight is 307 g/mol. The van der Waals surface area contributed by atoms with Gasteiger partial charge in [0.15, 0.2) is 0 Å². The van der Waals surface area contributed by atoms with Crippen LogP contribution < -0.4 is 0 Å². The predicted molar refractivity (Wildman–Crippen MR) is 81.1 cm³/mol. The van der Waals surface area contributed by atoms with E-state index in [0.29, 0.717) is 12.0 Å². The van der Waals surface area contributed by atoms with Gasteiger partial charge < -0.3 is 5.11 Å². The summed E-state index contributed by atoms with van der Waals surface area (Å²) in [4.78, 5) is 11.5. The van der Waals surface area contributed by atoms with Crippen molar-refractivity contribution in [1.29, 1.82) is 0 Å². The zero-order chi connectivity index (χ0) is 15.4. The number of carboxylic acid groups (broad SMARTS) is 1. The molecule has 0 amide bonds. The lowest BCUT2D eigenvalue weighted by Crippen LogP contribution is -2.19. The van der Waals surface area contributed by atoms with E-state index in [4.69, 9.17) is 11.6 Å². The fraction of sp³-hybridized carbons (Fsp3) is 0.235. The number of hydrogen-bond donors (Lipinski definition) is 1. The van der Waals surface area contributed by atoms with Crippen LogP contribution in [0.4, 0.5) is 4.39 Å². The molecule has 0 fully saturated rings. The van der Waals surface area contributed by atoms with Crippen molar-refractivity contribution in [1.82, 2.24) is 0 Å². The Morgan fingerprint density at radius 1 is 1.24 bits per heavy atom. The maximum absolute atomic E-state index is 13.0. The number of rotatable bonds is 5. The van der Waals surface area contributed by atoms with Crippen LogP contribution >= 0.6 is 11.6 Å². The van der Waals surface area contributed by atoms with Crippen LogP contribution in [0.1, 0.15) is 16.7 Å². The van der Waals surface area contributed by atoms with Gasteiger partial charge in [-0.1, -0.05) is 47.5 Å². The molecular formula is C17H16ClFO2. The molecule has 2 rings (SSSR count). The minimum absolute atomic E-state index is 0.269. The number of hydrogen-bond acceptors (Lipinski definition) is 1. The van der Waals surface area contributed by atoms with Crippen molar-refractivity contribution in [3.8, 4) is 0 Å². The highest BCUT2D eigenvalue weighted by atomic mass is 35.5. The van der Waals surface area contributed by atoms with Gasteiger partial charge in [0, 0.05) is 5.02 Å². The van der Waals surface area contributed by atoms with Crippen LogP contribution in [0, 0.1) is 18.7 Å². The molecule has 0 saturated heterocycles. The van der Waals surface area contributed by atoms with Crippen LogP contribution in [0.25, 0.3) is 0 Å². The summed E-state index contributed by atoms with van der Waals surface area (Å²) >= 11 is 5.97. The number of benzene rings is 2. The summed E-state index contributed by atoms with van der Waals surface area (Å²) < 4.78 is 13.0. The standard InChI is InChI=1S/C17H16ClFO2/c1-11-3-2-4-12(7-11)8-14(17(20)21)9-13-5-6-15(19)10-16(13)18/h2-7,10,14H,8-9H2,1H3,(H,20,21). The quantitative estimate of drug-likeness (QED) is 0.895. The highest BCUT2D eigenvalue weighted by Gasteiger charge is 2.20. The van der Waals surface area contributed by atoms with E-state index in [-0.39, 0.29) is 11.4 Å². The molecular weight excluding hydrogens is 291 g/mol. The number of carbonyl (C=O) groups is 1. The SMILES string of the molecule is Cc1cccc(CC(Cc2ccc(F)cc2Cl)C(=O)O)c1. The fourth-order valence-electron chi connectivity index (χ4n) is 2.32. The first-order valence-electron chi connectivity index (χ1n) is 6.68. The van der Waals surface area contributed by atoms with E-state index in [9.17, 15) is 14.3 Å². The molecule has 0 radical (unpaired) electrons. The highest BCUT2D eigenvalue weighted by molar-refractivity contribution is 6.31. The molecule has 1 unspecified atom stereocenters. The fourth-order valence-corrected chi connectivity index (χ4v) is 2.57. The van der Waals surface area contributed by atoms with Crippen molar-refractivity contribution >= 4 is 17.6 Å². The van der Waals surface area contributed by atoms with Crippen molar-refractivity contribution in [3.63, 3.8) is 0 Å². The second-order valence-electron chi connectivity index (χ2n) is 5.17. The Morgan fingerprint density at radius 2 is 2.00 bits per heavy atom. The summed E-state index contributed by atoms with van der Waals surface area (Å²) in [6.45, 7) is 1.97. The lowest BCUT2D eigenvalue weighted by atomic mass is 9.92. The number of halogens is 2. The first-order chi connectivity index (χ1) is 9.95. The molecule has 0 aliphatic heterocycles. The monoisotopic (exact) mass is 306 g/mol. The van der Waals surface area contributed by atoms with Crippen LogP contribution in [0.5, 0.6) is 0 Å². The molecule has 1 N–H and O–H groups in total. The molecule has 0 aliphatic carbocycles. The second-order valence-corrected chi connectivity index (χ2v) is 5.58. The Bertz CT molecular complexity index is 655. The van der Waals surface area contributed by atoms with Crippen molar-refractivity contribution in [2.75, 3.05) is 0 Å². The predicted octanol–water partition coefficient (Wildman–Crippen LogP) is 4.27. The summed E-state index contributed by atoms with van der Waals surface area (Å²) in [6.07, 6.45) is 0.701. The average Bonchev–Trinajstić information content (AvgIpc) is 2.40. The molecule has 2 aromatic rings. The second kappa shape index (κ2) is 6.72. The van der Waals surface area contributed by atoms with Crippen LogP contribution in [0.15, 0.2) is 42.5 Å². The van der Waals surface area contributed by atoms with E-state index < -0.39 is 17.7 Å². The van der Waals surface area contributed by atoms with Gasteiger partial charge in [-0.3, -0.25) is 4.79 Å². The van der Waals surface area contributed by atoms with Gasteiger partial charge in [-0.25, -0.2) is 4.39 Å². The van der Waals surface area contributed by atoms with Crippen LogP contribution in [-0.2, 0) is 17.6 Å². The van der Waals surface area contributed by atoms with Crippen LogP contribution in [0.3, 0.4) is 0 Å². The first-order valence-corrected chi connectivity index (χ1v) is 7.06. The molecule has 2 aromatic carbocycles. The van der Waals surface area contributed by atoms with Gasteiger partial charge in [0.25, 0.3) is 0 Å². The third-order valence-electron chi connectivity index (χ3n) is 3.40. The summed E-state index contributed by atoms with van der Waals surface area (Å²) in [5, 5.41) is 9.66. The van der Waals surface area contributed by atoms with Gasteiger partial charge in [0.2, 0.25) is 0 Å². The molecule has 110 valence electrons. The molecule has 0 heterocycles.